The van der Waals surface area contributed by atoms with E-state index in [1.165, 1.54) is 6.07 Å². The standard InChI is InChI=1S/C12H12N2O3S/c15-11-10-6-18-4-3-14(10)9-2-1-7(12(16)17)5-8(9)13-11/h1-2,5,10H,3-4,6H2,(H,13,15)(H,16,17). The fourth-order valence-electron chi connectivity index (χ4n) is 2.34. The summed E-state index contributed by atoms with van der Waals surface area (Å²) < 4.78 is 0. The number of thioether (sulfide) groups is 1. The summed E-state index contributed by atoms with van der Waals surface area (Å²) in [7, 11) is 0. The normalized spacial score (nSPS) is 21.9. The maximum atomic E-state index is 12.0. The molecular formula is C12H12N2O3S. The van der Waals surface area contributed by atoms with Gasteiger partial charge in [0.05, 0.1) is 16.9 Å². The molecule has 1 aromatic rings. The summed E-state index contributed by atoms with van der Waals surface area (Å²) in [5, 5.41) is 11.8. The van der Waals surface area contributed by atoms with E-state index in [-0.39, 0.29) is 17.5 Å². The first-order chi connectivity index (χ1) is 8.66. The monoisotopic (exact) mass is 264 g/mol. The fourth-order valence-corrected chi connectivity index (χ4v) is 3.39. The van der Waals surface area contributed by atoms with Crippen LogP contribution in [-0.2, 0) is 4.79 Å². The SMILES string of the molecule is O=C(O)c1ccc2c(c1)NC(=O)C1CSCCN21. The van der Waals surface area contributed by atoms with Crippen LogP contribution in [0.1, 0.15) is 10.4 Å². The number of benzene rings is 1. The molecule has 18 heavy (non-hydrogen) atoms. The molecule has 0 aromatic heterocycles. The van der Waals surface area contributed by atoms with E-state index in [1.807, 2.05) is 0 Å². The lowest BCUT2D eigenvalue weighted by atomic mass is 10.1. The first-order valence-electron chi connectivity index (χ1n) is 5.69. The topological polar surface area (TPSA) is 69.6 Å². The smallest absolute Gasteiger partial charge is 0.335 e. The van der Waals surface area contributed by atoms with Crippen molar-refractivity contribution in [2.45, 2.75) is 6.04 Å². The molecule has 0 spiro atoms. The van der Waals surface area contributed by atoms with Gasteiger partial charge in [-0.15, -0.1) is 0 Å². The molecule has 1 saturated heterocycles. The first-order valence-corrected chi connectivity index (χ1v) is 6.85. The third kappa shape index (κ3) is 1.73. The van der Waals surface area contributed by atoms with Crippen molar-refractivity contribution in [2.75, 3.05) is 28.3 Å². The zero-order valence-electron chi connectivity index (χ0n) is 9.55. The maximum absolute atomic E-state index is 12.0. The van der Waals surface area contributed by atoms with Crippen LogP contribution in [0, 0.1) is 0 Å². The summed E-state index contributed by atoms with van der Waals surface area (Å²) in [5.74, 6) is 0.746. The molecule has 0 aliphatic carbocycles. The Labute approximate surface area is 108 Å². The Bertz CT molecular complexity index is 532. The molecule has 1 amide bonds. The molecular weight excluding hydrogens is 252 g/mol. The molecule has 94 valence electrons. The number of hydrogen-bond acceptors (Lipinski definition) is 4. The molecule has 1 unspecified atom stereocenters. The molecule has 1 fully saturated rings. The van der Waals surface area contributed by atoms with Gasteiger partial charge in [-0.1, -0.05) is 0 Å². The van der Waals surface area contributed by atoms with Gasteiger partial charge >= 0.3 is 5.97 Å². The minimum atomic E-state index is -0.983. The molecule has 2 heterocycles. The molecule has 2 aliphatic rings. The number of nitrogens with zero attached hydrogens (tertiary/aromatic N) is 1. The number of carboxylic acid groups (broad SMARTS) is 1. The van der Waals surface area contributed by atoms with Gasteiger partial charge in [-0.2, -0.15) is 11.8 Å². The summed E-state index contributed by atoms with van der Waals surface area (Å²) in [5.41, 5.74) is 1.71. The summed E-state index contributed by atoms with van der Waals surface area (Å²) in [4.78, 5) is 24.9. The van der Waals surface area contributed by atoms with E-state index in [2.05, 4.69) is 10.2 Å². The molecule has 0 radical (unpaired) electrons. The van der Waals surface area contributed by atoms with Gasteiger partial charge in [0, 0.05) is 18.1 Å². The number of aromatic carboxylic acids is 1. The lowest BCUT2D eigenvalue weighted by molar-refractivity contribution is -0.117. The lowest BCUT2D eigenvalue weighted by Crippen LogP contribution is -2.52. The van der Waals surface area contributed by atoms with Crippen LogP contribution < -0.4 is 10.2 Å². The van der Waals surface area contributed by atoms with E-state index in [1.54, 1.807) is 23.9 Å². The van der Waals surface area contributed by atoms with Crippen molar-refractivity contribution in [2.24, 2.45) is 0 Å². The number of amides is 1. The van der Waals surface area contributed by atoms with E-state index in [9.17, 15) is 9.59 Å². The minimum Gasteiger partial charge on any atom is -0.478 e. The van der Waals surface area contributed by atoms with Crippen molar-refractivity contribution in [1.82, 2.24) is 0 Å². The molecule has 2 N–H and O–H groups in total. The van der Waals surface area contributed by atoms with Gasteiger partial charge in [0.2, 0.25) is 5.91 Å². The Morgan fingerprint density at radius 1 is 1.50 bits per heavy atom. The number of carbonyl (C=O) groups is 2. The zero-order valence-corrected chi connectivity index (χ0v) is 10.4. The largest absolute Gasteiger partial charge is 0.478 e. The lowest BCUT2D eigenvalue weighted by Gasteiger charge is -2.40. The third-order valence-electron chi connectivity index (χ3n) is 3.24. The number of fused-ring (bicyclic) bond motifs is 3. The molecule has 1 atom stereocenters. The van der Waals surface area contributed by atoms with E-state index in [0.717, 1.165) is 23.7 Å². The fraction of sp³-hybridized carbons (Fsp3) is 0.333. The van der Waals surface area contributed by atoms with Crippen LogP contribution in [0.3, 0.4) is 0 Å². The van der Waals surface area contributed by atoms with Crippen molar-refractivity contribution in [1.29, 1.82) is 0 Å². The summed E-state index contributed by atoms with van der Waals surface area (Å²) in [6.45, 7) is 0.822. The highest BCUT2D eigenvalue weighted by Gasteiger charge is 2.35. The van der Waals surface area contributed by atoms with Gasteiger partial charge in [-0.3, -0.25) is 4.79 Å². The van der Waals surface area contributed by atoms with Crippen LogP contribution in [0.4, 0.5) is 11.4 Å². The predicted octanol–water partition coefficient (Wildman–Crippen LogP) is 1.26. The summed E-state index contributed by atoms with van der Waals surface area (Å²) >= 11 is 1.77. The van der Waals surface area contributed by atoms with Gasteiger partial charge in [0.1, 0.15) is 6.04 Å². The van der Waals surface area contributed by atoms with Crippen LogP contribution in [0.25, 0.3) is 0 Å². The van der Waals surface area contributed by atoms with E-state index >= 15 is 0 Å². The van der Waals surface area contributed by atoms with Crippen molar-refractivity contribution in [3.8, 4) is 0 Å². The second-order valence-electron chi connectivity index (χ2n) is 4.31. The number of nitrogens with one attached hydrogen (secondary N) is 1. The Morgan fingerprint density at radius 2 is 2.33 bits per heavy atom. The maximum Gasteiger partial charge on any atom is 0.335 e. The Morgan fingerprint density at radius 3 is 3.11 bits per heavy atom. The van der Waals surface area contributed by atoms with Crippen molar-refractivity contribution < 1.29 is 14.7 Å². The highest BCUT2D eigenvalue weighted by Crippen LogP contribution is 2.35. The molecule has 2 aliphatic heterocycles. The van der Waals surface area contributed by atoms with Gasteiger partial charge in [-0.25, -0.2) is 4.79 Å². The third-order valence-corrected chi connectivity index (χ3v) is 4.26. The Kier molecular flexibility index (Phi) is 2.66. The van der Waals surface area contributed by atoms with E-state index in [4.69, 9.17) is 5.11 Å². The molecule has 0 bridgehead atoms. The molecule has 0 saturated carbocycles. The van der Waals surface area contributed by atoms with Gasteiger partial charge < -0.3 is 15.3 Å². The molecule has 1 aromatic carbocycles. The first kappa shape index (κ1) is 11.4. The van der Waals surface area contributed by atoms with Gasteiger partial charge in [0.25, 0.3) is 0 Å². The highest BCUT2D eigenvalue weighted by atomic mass is 32.2. The minimum absolute atomic E-state index is 0.0442. The predicted molar refractivity (Wildman–Crippen MR) is 70.5 cm³/mol. The number of rotatable bonds is 1. The van der Waals surface area contributed by atoms with Crippen LogP contribution in [0.15, 0.2) is 18.2 Å². The average molecular weight is 264 g/mol. The number of anilines is 2. The second kappa shape index (κ2) is 4.20. The van der Waals surface area contributed by atoms with Crippen LogP contribution in [0.5, 0.6) is 0 Å². The van der Waals surface area contributed by atoms with Crippen LogP contribution in [-0.4, -0.2) is 41.1 Å². The summed E-state index contributed by atoms with van der Waals surface area (Å²) in [6.07, 6.45) is 0. The van der Waals surface area contributed by atoms with Crippen LogP contribution in [0.2, 0.25) is 0 Å². The Balaban J connectivity index is 2.04. The number of hydrogen-bond donors (Lipinski definition) is 2. The van der Waals surface area contributed by atoms with E-state index < -0.39 is 5.97 Å². The van der Waals surface area contributed by atoms with Crippen molar-refractivity contribution >= 4 is 35.0 Å². The Hall–Kier alpha value is -1.69. The quantitative estimate of drug-likeness (QED) is 0.799. The van der Waals surface area contributed by atoms with Gasteiger partial charge in [0.15, 0.2) is 0 Å². The second-order valence-corrected chi connectivity index (χ2v) is 5.46. The zero-order chi connectivity index (χ0) is 12.7. The molecule has 5 nitrogen and oxygen atoms in total. The highest BCUT2D eigenvalue weighted by molar-refractivity contribution is 7.99. The van der Waals surface area contributed by atoms with E-state index in [0.29, 0.717) is 5.69 Å². The van der Waals surface area contributed by atoms with Crippen LogP contribution >= 0.6 is 11.8 Å². The molecule has 6 heteroatoms. The van der Waals surface area contributed by atoms with Crippen molar-refractivity contribution in [3.63, 3.8) is 0 Å². The van der Waals surface area contributed by atoms with Crippen molar-refractivity contribution in [3.05, 3.63) is 23.8 Å². The number of carboxylic acids is 1. The van der Waals surface area contributed by atoms with Gasteiger partial charge in [-0.05, 0) is 18.2 Å². The number of carbonyl (C=O) groups excluding carboxylic acids is 1. The summed E-state index contributed by atoms with van der Waals surface area (Å²) in [6, 6.07) is 4.75. The molecule has 3 rings (SSSR count). The average Bonchev–Trinajstić information content (AvgIpc) is 2.38.